The Morgan fingerprint density at radius 3 is 2.90 bits per heavy atom. The summed E-state index contributed by atoms with van der Waals surface area (Å²) < 4.78 is 10.6. The molecule has 2 aromatic carbocycles. The fourth-order valence-corrected chi connectivity index (χ4v) is 2.07. The van der Waals surface area contributed by atoms with E-state index in [0.717, 1.165) is 23.5 Å². The quantitative estimate of drug-likeness (QED) is 0.868. The number of benzene rings is 2. The Kier molecular flexibility index (Phi) is 3.54. The van der Waals surface area contributed by atoms with Gasteiger partial charge in [0.05, 0.1) is 0 Å². The summed E-state index contributed by atoms with van der Waals surface area (Å²) in [4.78, 5) is 4.36. The van der Waals surface area contributed by atoms with E-state index in [1.165, 1.54) is 5.56 Å². The third-order valence-electron chi connectivity index (χ3n) is 3.08. The third kappa shape index (κ3) is 2.91. The number of aromatic hydroxyl groups is 1. The molecule has 1 N–H and O–H groups in total. The number of phenols is 1. The maximum absolute atomic E-state index is 9.35. The van der Waals surface area contributed by atoms with Crippen molar-refractivity contribution in [1.29, 1.82) is 0 Å². The van der Waals surface area contributed by atoms with Crippen molar-refractivity contribution in [1.82, 2.24) is 0 Å². The molecule has 0 saturated heterocycles. The standard InChI is InChI=1S/C16H15NO3/c18-14-3-1-2-13(8-14)10-17-7-6-12-4-5-15-16(9-12)20-11-19-15/h1-5,8-10,18H,6-7,11H2. The molecule has 20 heavy (non-hydrogen) atoms. The van der Waals surface area contributed by atoms with Crippen LogP contribution in [0.5, 0.6) is 17.2 Å². The van der Waals surface area contributed by atoms with Crippen molar-refractivity contribution in [2.24, 2.45) is 4.99 Å². The Morgan fingerprint density at radius 2 is 2.00 bits per heavy atom. The molecule has 3 rings (SSSR count). The number of fused-ring (bicyclic) bond motifs is 1. The van der Waals surface area contributed by atoms with Crippen molar-refractivity contribution in [2.75, 3.05) is 13.3 Å². The van der Waals surface area contributed by atoms with Crippen LogP contribution >= 0.6 is 0 Å². The second kappa shape index (κ2) is 5.65. The van der Waals surface area contributed by atoms with Crippen LogP contribution in [0.15, 0.2) is 47.5 Å². The smallest absolute Gasteiger partial charge is 0.231 e. The Hall–Kier alpha value is -2.49. The molecular weight excluding hydrogens is 254 g/mol. The molecule has 1 aliphatic rings. The molecule has 0 unspecified atom stereocenters. The summed E-state index contributed by atoms with van der Waals surface area (Å²) in [5.74, 6) is 1.86. The zero-order valence-corrected chi connectivity index (χ0v) is 11.0. The molecule has 0 spiro atoms. The maximum Gasteiger partial charge on any atom is 0.231 e. The van der Waals surface area contributed by atoms with Crippen LogP contribution < -0.4 is 9.47 Å². The molecule has 0 fully saturated rings. The molecule has 0 atom stereocenters. The van der Waals surface area contributed by atoms with Crippen molar-refractivity contribution in [3.63, 3.8) is 0 Å². The Morgan fingerprint density at radius 1 is 1.10 bits per heavy atom. The Bertz CT molecular complexity index is 637. The van der Waals surface area contributed by atoms with Gasteiger partial charge in [0.2, 0.25) is 6.79 Å². The van der Waals surface area contributed by atoms with E-state index >= 15 is 0 Å². The first-order chi connectivity index (χ1) is 9.81. The summed E-state index contributed by atoms with van der Waals surface area (Å²) in [5, 5.41) is 9.35. The molecule has 0 amide bonds. The van der Waals surface area contributed by atoms with E-state index < -0.39 is 0 Å². The highest BCUT2D eigenvalue weighted by atomic mass is 16.7. The van der Waals surface area contributed by atoms with E-state index in [0.29, 0.717) is 13.3 Å². The predicted molar refractivity (Wildman–Crippen MR) is 76.8 cm³/mol. The van der Waals surface area contributed by atoms with Crippen LogP contribution in [-0.2, 0) is 6.42 Å². The minimum absolute atomic E-state index is 0.254. The summed E-state index contributed by atoms with van der Waals surface area (Å²) in [6.45, 7) is 0.990. The highest BCUT2D eigenvalue weighted by Crippen LogP contribution is 2.32. The number of rotatable bonds is 4. The van der Waals surface area contributed by atoms with Gasteiger partial charge >= 0.3 is 0 Å². The average Bonchev–Trinajstić information content (AvgIpc) is 2.91. The molecule has 0 bridgehead atoms. The number of aliphatic imine (C=N–C) groups is 1. The molecule has 102 valence electrons. The number of ether oxygens (including phenoxy) is 2. The monoisotopic (exact) mass is 269 g/mol. The summed E-state index contributed by atoms with van der Waals surface area (Å²) in [6.07, 6.45) is 2.61. The Balaban J connectivity index is 1.57. The molecule has 0 aromatic heterocycles. The lowest BCUT2D eigenvalue weighted by Crippen LogP contribution is -1.93. The van der Waals surface area contributed by atoms with Crippen LogP contribution in [0.2, 0.25) is 0 Å². The molecule has 0 radical (unpaired) electrons. The van der Waals surface area contributed by atoms with Crippen LogP contribution in [0.3, 0.4) is 0 Å². The fourth-order valence-electron chi connectivity index (χ4n) is 2.07. The van der Waals surface area contributed by atoms with E-state index in [1.54, 1.807) is 24.4 Å². The largest absolute Gasteiger partial charge is 0.508 e. The third-order valence-corrected chi connectivity index (χ3v) is 3.08. The van der Waals surface area contributed by atoms with E-state index in [9.17, 15) is 5.11 Å². The first-order valence-corrected chi connectivity index (χ1v) is 6.49. The first kappa shape index (κ1) is 12.5. The SMILES string of the molecule is Oc1cccc(C=NCCc2ccc3c(c2)OCO3)c1. The predicted octanol–water partition coefficient (Wildman–Crippen LogP) is 2.78. The van der Waals surface area contributed by atoms with Crippen molar-refractivity contribution >= 4 is 6.21 Å². The molecule has 4 nitrogen and oxygen atoms in total. The van der Waals surface area contributed by atoms with Gasteiger partial charge < -0.3 is 14.6 Å². The van der Waals surface area contributed by atoms with Crippen LogP contribution in [-0.4, -0.2) is 24.7 Å². The second-order valence-electron chi connectivity index (χ2n) is 4.57. The first-order valence-electron chi connectivity index (χ1n) is 6.49. The van der Waals surface area contributed by atoms with Crippen molar-refractivity contribution < 1.29 is 14.6 Å². The minimum atomic E-state index is 0.254. The zero-order chi connectivity index (χ0) is 13.8. The number of hydrogen-bond donors (Lipinski definition) is 1. The fraction of sp³-hybridized carbons (Fsp3) is 0.188. The normalized spacial score (nSPS) is 13.0. The molecule has 0 aliphatic carbocycles. The topological polar surface area (TPSA) is 51.1 Å². The molecule has 0 saturated carbocycles. The lowest BCUT2D eigenvalue weighted by atomic mass is 10.1. The van der Waals surface area contributed by atoms with Gasteiger partial charge in [-0.05, 0) is 41.8 Å². The summed E-state index contributed by atoms with van der Waals surface area (Å²) in [7, 11) is 0. The molecular formula is C16H15NO3. The van der Waals surface area contributed by atoms with E-state index in [1.807, 2.05) is 24.3 Å². The van der Waals surface area contributed by atoms with Crippen LogP contribution in [0.4, 0.5) is 0 Å². The lowest BCUT2D eigenvalue weighted by molar-refractivity contribution is 0.174. The van der Waals surface area contributed by atoms with Gasteiger partial charge in [-0.1, -0.05) is 18.2 Å². The van der Waals surface area contributed by atoms with Gasteiger partial charge in [0.1, 0.15) is 5.75 Å². The maximum atomic E-state index is 9.35. The summed E-state index contributed by atoms with van der Waals surface area (Å²) in [5.41, 5.74) is 2.07. The van der Waals surface area contributed by atoms with Gasteiger partial charge in [-0.15, -0.1) is 0 Å². The zero-order valence-electron chi connectivity index (χ0n) is 11.0. The minimum Gasteiger partial charge on any atom is -0.508 e. The average molecular weight is 269 g/mol. The molecule has 1 heterocycles. The van der Waals surface area contributed by atoms with E-state index in [4.69, 9.17) is 9.47 Å². The number of nitrogens with zero attached hydrogens (tertiary/aromatic N) is 1. The Labute approximate surface area is 117 Å². The van der Waals surface area contributed by atoms with Gasteiger partial charge in [-0.3, -0.25) is 4.99 Å². The van der Waals surface area contributed by atoms with Crippen molar-refractivity contribution in [3.05, 3.63) is 53.6 Å². The van der Waals surface area contributed by atoms with E-state index in [2.05, 4.69) is 4.99 Å². The van der Waals surface area contributed by atoms with Crippen LogP contribution in [0, 0.1) is 0 Å². The summed E-state index contributed by atoms with van der Waals surface area (Å²) >= 11 is 0. The lowest BCUT2D eigenvalue weighted by Gasteiger charge is -2.01. The van der Waals surface area contributed by atoms with Crippen LogP contribution in [0.1, 0.15) is 11.1 Å². The van der Waals surface area contributed by atoms with Gasteiger partial charge in [0, 0.05) is 12.8 Å². The highest BCUT2D eigenvalue weighted by Gasteiger charge is 2.12. The van der Waals surface area contributed by atoms with Gasteiger partial charge in [0.15, 0.2) is 11.5 Å². The van der Waals surface area contributed by atoms with E-state index in [-0.39, 0.29) is 5.75 Å². The van der Waals surface area contributed by atoms with Crippen molar-refractivity contribution in [3.8, 4) is 17.2 Å². The highest BCUT2D eigenvalue weighted by molar-refractivity contribution is 5.80. The van der Waals surface area contributed by atoms with Crippen LogP contribution in [0.25, 0.3) is 0 Å². The molecule has 2 aromatic rings. The molecule has 1 aliphatic heterocycles. The van der Waals surface area contributed by atoms with Crippen molar-refractivity contribution in [2.45, 2.75) is 6.42 Å². The molecule has 4 heteroatoms. The van der Waals surface area contributed by atoms with Gasteiger partial charge in [0.25, 0.3) is 0 Å². The van der Waals surface area contributed by atoms with Gasteiger partial charge in [-0.25, -0.2) is 0 Å². The number of phenolic OH excluding ortho intramolecular Hbond substituents is 1. The second-order valence-corrected chi connectivity index (χ2v) is 4.57. The summed E-state index contributed by atoms with van der Waals surface area (Å²) in [6, 6.07) is 13.0. The number of hydrogen-bond acceptors (Lipinski definition) is 4. The van der Waals surface area contributed by atoms with Gasteiger partial charge in [-0.2, -0.15) is 0 Å².